The number of nitrogens with one attached hydrogen (secondary N) is 1. The Hall–Kier alpha value is -1.96. The van der Waals surface area contributed by atoms with Gasteiger partial charge in [0.1, 0.15) is 11.5 Å². The predicted molar refractivity (Wildman–Crippen MR) is 103 cm³/mol. The molecule has 0 aliphatic rings. The molecule has 0 fully saturated rings. The molecule has 10 heteroatoms. The first-order valence-electron chi connectivity index (χ1n) is 6.28. The molecule has 0 saturated carbocycles. The van der Waals surface area contributed by atoms with Gasteiger partial charge in [0.05, 0.1) is 23.8 Å². The first kappa shape index (κ1) is 18.4. The normalized spacial score (nSPS) is 10.8. The second kappa shape index (κ2) is 7.74. The summed E-state index contributed by atoms with van der Waals surface area (Å²) in [6, 6.07) is 6.46. The van der Waals surface area contributed by atoms with Crippen molar-refractivity contribution in [1.29, 1.82) is 0 Å². The van der Waals surface area contributed by atoms with Crippen molar-refractivity contribution in [3.05, 3.63) is 58.7 Å². The number of amides is 1. The van der Waals surface area contributed by atoms with Crippen molar-refractivity contribution < 1.29 is 19.9 Å². The number of aromatic hydroxyl groups is 2. The van der Waals surface area contributed by atoms with E-state index >= 15 is 0 Å². The Kier molecular flexibility index (Phi) is 5.93. The molecule has 0 radical (unpaired) electrons. The molecule has 8 nitrogen and oxygen atoms in total. The molecule has 0 spiro atoms. The van der Waals surface area contributed by atoms with Crippen LogP contribution in [0.15, 0.2) is 35.4 Å². The molecule has 0 heterocycles. The zero-order valence-electron chi connectivity index (χ0n) is 11.7. The summed E-state index contributed by atoms with van der Waals surface area (Å²) in [5.74, 6) is -1.00. The third kappa shape index (κ3) is 4.31. The summed E-state index contributed by atoms with van der Waals surface area (Å²) < 4.78 is 1.26. The zero-order valence-corrected chi connectivity index (χ0v) is 16.0. The maximum absolute atomic E-state index is 12.0. The SMILES string of the molecule is O=C(N/N=C/c1cc(I)c(O)c(I)c1)c1cc([N+](=O)[O-])ccc1O. The molecule has 24 heavy (non-hydrogen) atoms. The van der Waals surface area contributed by atoms with Gasteiger partial charge in [0.2, 0.25) is 0 Å². The fourth-order valence-corrected chi connectivity index (χ4v) is 3.52. The van der Waals surface area contributed by atoms with Gasteiger partial charge in [-0.25, -0.2) is 5.43 Å². The molecule has 3 N–H and O–H groups in total. The van der Waals surface area contributed by atoms with E-state index in [0.29, 0.717) is 12.7 Å². The Balaban J connectivity index is 2.16. The summed E-state index contributed by atoms with van der Waals surface area (Å²) in [6.07, 6.45) is 1.36. The molecule has 1 amide bonds. The van der Waals surface area contributed by atoms with Crippen LogP contribution in [0.25, 0.3) is 0 Å². The number of phenols is 2. The smallest absolute Gasteiger partial charge is 0.275 e. The lowest BCUT2D eigenvalue weighted by atomic mass is 10.1. The van der Waals surface area contributed by atoms with Gasteiger partial charge in [-0.3, -0.25) is 14.9 Å². The molecule has 0 atom stereocenters. The van der Waals surface area contributed by atoms with Gasteiger partial charge < -0.3 is 10.2 Å². The molecule has 0 aromatic heterocycles. The van der Waals surface area contributed by atoms with Crippen molar-refractivity contribution in [3.8, 4) is 11.5 Å². The first-order valence-corrected chi connectivity index (χ1v) is 8.44. The number of nitro benzene ring substituents is 1. The van der Waals surface area contributed by atoms with Gasteiger partial charge in [-0.05, 0) is 68.9 Å². The topological polar surface area (TPSA) is 125 Å². The maximum atomic E-state index is 12.0. The Labute approximate surface area is 163 Å². The summed E-state index contributed by atoms with van der Waals surface area (Å²) >= 11 is 3.93. The molecule has 0 saturated heterocycles. The molecule has 0 aliphatic carbocycles. The van der Waals surface area contributed by atoms with Crippen LogP contribution < -0.4 is 5.43 Å². The number of halogens is 2. The summed E-state index contributed by atoms with van der Waals surface area (Å²) in [6.45, 7) is 0. The van der Waals surface area contributed by atoms with Crippen molar-refractivity contribution >= 4 is 63.0 Å². The quantitative estimate of drug-likeness (QED) is 0.233. The number of non-ortho nitro benzene ring substituents is 1. The van der Waals surface area contributed by atoms with Crippen LogP contribution in [-0.4, -0.2) is 27.3 Å². The van der Waals surface area contributed by atoms with Crippen LogP contribution in [0.2, 0.25) is 0 Å². The zero-order chi connectivity index (χ0) is 17.9. The molecule has 2 aromatic rings. The molecule has 124 valence electrons. The van der Waals surface area contributed by atoms with Gasteiger partial charge in [0.25, 0.3) is 11.6 Å². The summed E-state index contributed by atoms with van der Waals surface area (Å²) in [5.41, 5.74) is 2.26. The molecule has 0 bridgehead atoms. The number of hydrogen-bond acceptors (Lipinski definition) is 6. The largest absolute Gasteiger partial charge is 0.507 e. The highest BCUT2D eigenvalue weighted by Crippen LogP contribution is 2.26. The van der Waals surface area contributed by atoms with Crippen LogP contribution >= 0.6 is 45.2 Å². The summed E-state index contributed by atoms with van der Waals surface area (Å²) in [5, 5.41) is 33.8. The average molecular weight is 553 g/mol. The van der Waals surface area contributed by atoms with Crippen LogP contribution in [0.5, 0.6) is 11.5 Å². The van der Waals surface area contributed by atoms with Gasteiger partial charge in [-0.1, -0.05) is 0 Å². The number of phenolic OH excluding ortho intramolecular Hbond substituents is 2. The lowest BCUT2D eigenvalue weighted by Gasteiger charge is -2.04. The van der Waals surface area contributed by atoms with Gasteiger partial charge in [-0.2, -0.15) is 5.10 Å². The molecule has 2 rings (SSSR count). The number of hydrazone groups is 1. The Morgan fingerprint density at radius 2 is 1.83 bits per heavy atom. The highest BCUT2D eigenvalue weighted by Gasteiger charge is 2.16. The highest BCUT2D eigenvalue weighted by molar-refractivity contribution is 14.1. The van der Waals surface area contributed by atoms with E-state index in [1.54, 1.807) is 12.1 Å². The number of nitro groups is 1. The van der Waals surface area contributed by atoms with Crippen LogP contribution in [0.1, 0.15) is 15.9 Å². The lowest BCUT2D eigenvalue weighted by Crippen LogP contribution is -2.18. The van der Waals surface area contributed by atoms with E-state index in [-0.39, 0.29) is 22.7 Å². The van der Waals surface area contributed by atoms with Crippen molar-refractivity contribution in [2.24, 2.45) is 5.10 Å². The monoisotopic (exact) mass is 553 g/mol. The molecular formula is C14H9I2N3O5. The van der Waals surface area contributed by atoms with E-state index in [4.69, 9.17) is 0 Å². The number of rotatable bonds is 4. The first-order chi connectivity index (χ1) is 11.3. The Morgan fingerprint density at radius 3 is 2.42 bits per heavy atom. The molecule has 2 aromatic carbocycles. The molecular weight excluding hydrogens is 544 g/mol. The molecule has 0 aliphatic heterocycles. The number of nitrogens with zero attached hydrogens (tertiary/aromatic N) is 2. The van der Waals surface area contributed by atoms with Crippen molar-refractivity contribution in [2.45, 2.75) is 0 Å². The van der Waals surface area contributed by atoms with Gasteiger partial charge in [0, 0.05) is 12.1 Å². The van der Waals surface area contributed by atoms with Gasteiger partial charge in [-0.15, -0.1) is 0 Å². The fraction of sp³-hybridized carbons (Fsp3) is 0. The summed E-state index contributed by atoms with van der Waals surface area (Å²) in [7, 11) is 0. The number of benzene rings is 2. The van der Waals surface area contributed by atoms with E-state index in [1.165, 1.54) is 6.21 Å². The van der Waals surface area contributed by atoms with Crippen molar-refractivity contribution in [3.63, 3.8) is 0 Å². The Morgan fingerprint density at radius 1 is 1.21 bits per heavy atom. The van der Waals surface area contributed by atoms with E-state index in [0.717, 1.165) is 18.2 Å². The van der Waals surface area contributed by atoms with Crippen LogP contribution in [0, 0.1) is 17.3 Å². The third-order valence-electron chi connectivity index (χ3n) is 2.85. The van der Waals surface area contributed by atoms with Crippen molar-refractivity contribution in [1.82, 2.24) is 5.43 Å². The van der Waals surface area contributed by atoms with E-state index in [2.05, 4.69) is 10.5 Å². The lowest BCUT2D eigenvalue weighted by molar-refractivity contribution is -0.384. The predicted octanol–water partition coefficient (Wildman–Crippen LogP) is 2.98. The van der Waals surface area contributed by atoms with E-state index in [9.17, 15) is 25.1 Å². The van der Waals surface area contributed by atoms with Crippen LogP contribution in [-0.2, 0) is 0 Å². The van der Waals surface area contributed by atoms with Crippen molar-refractivity contribution in [2.75, 3.05) is 0 Å². The second-order valence-corrected chi connectivity index (χ2v) is 6.82. The third-order valence-corrected chi connectivity index (χ3v) is 4.50. The van der Waals surface area contributed by atoms with Crippen LogP contribution in [0.3, 0.4) is 0 Å². The standard InChI is InChI=1S/C14H9I2N3O5/c15-10-3-7(4-11(16)13(10)21)6-17-18-14(22)9-5-8(19(23)24)1-2-12(9)20/h1-6,20-21H,(H,18,22)/b17-6+. The van der Waals surface area contributed by atoms with Gasteiger partial charge in [0.15, 0.2) is 0 Å². The van der Waals surface area contributed by atoms with Crippen LogP contribution in [0.4, 0.5) is 5.69 Å². The minimum absolute atomic E-state index is 0.166. The van der Waals surface area contributed by atoms with Gasteiger partial charge >= 0.3 is 0 Å². The maximum Gasteiger partial charge on any atom is 0.275 e. The number of carbonyl (C=O) groups excluding carboxylic acids is 1. The minimum atomic E-state index is -0.782. The van der Waals surface area contributed by atoms with E-state index in [1.807, 2.05) is 45.2 Å². The fourth-order valence-electron chi connectivity index (χ4n) is 1.70. The average Bonchev–Trinajstić information content (AvgIpc) is 2.52. The minimum Gasteiger partial charge on any atom is -0.507 e. The second-order valence-electron chi connectivity index (χ2n) is 4.49. The Bertz CT molecular complexity index is 831. The highest BCUT2D eigenvalue weighted by atomic mass is 127. The van der Waals surface area contributed by atoms with E-state index < -0.39 is 10.8 Å². The summed E-state index contributed by atoms with van der Waals surface area (Å²) in [4.78, 5) is 22.0. The number of hydrogen-bond donors (Lipinski definition) is 3. The number of carbonyl (C=O) groups is 1. The molecule has 0 unspecified atom stereocenters.